The number of fused-ring (bicyclic) bond motifs is 1. The van der Waals surface area contributed by atoms with E-state index in [-0.39, 0.29) is 18.1 Å². The fourth-order valence-corrected chi connectivity index (χ4v) is 4.26. The number of carbonyl (C=O) groups is 1. The molecule has 2 aromatic heterocycles. The Balaban J connectivity index is 1.44. The number of ether oxygens (including phenoxy) is 2. The highest BCUT2D eigenvalue weighted by Crippen LogP contribution is 2.32. The Bertz CT molecular complexity index is 1630. The van der Waals surface area contributed by atoms with Crippen LogP contribution in [0.2, 0.25) is 0 Å². The Morgan fingerprint density at radius 2 is 1.71 bits per heavy atom. The smallest absolute Gasteiger partial charge is 0.258 e. The first-order valence-electron chi connectivity index (χ1n) is 13.7. The molecule has 1 amide bonds. The van der Waals surface area contributed by atoms with Crippen molar-refractivity contribution in [2.45, 2.75) is 39.7 Å². The van der Waals surface area contributed by atoms with Gasteiger partial charge in [-0.1, -0.05) is 31.2 Å². The van der Waals surface area contributed by atoms with Gasteiger partial charge in [0.15, 0.2) is 12.4 Å². The summed E-state index contributed by atoms with van der Waals surface area (Å²) < 4.78 is 11.6. The molecule has 0 atom stereocenters. The van der Waals surface area contributed by atoms with E-state index < -0.39 is 0 Å². The molecule has 5 aromatic rings. The van der Waals surface area contributed by atoms with Crippen molar-refractivity contribution in [3.8, 4) is 34.0 Å². The molecule has 5 rings (SSSR count). The van der Waals surface area contributed by atoms with E-state index in [2.05, 4.69) is 20.8 Å². The van der Waals surface area contributed by atoms with Crippen molar-refractivity contribution in [1.82, 2.24) is 25.5 Å². The van der Waals surface area contributed by atoms with Crippen molar-refractivity contribution < 1.29 is 14.3 Å². The first kappa shape index (κ1) is 27.6. The molecule has 9 nitrogen and oxygen atoms in total. The van der Waals surface area contributed by atoms with Gasteiger partial charge in [-0.3, -0.25) is 9.89 Å². The molecular formula is C32H34N6O3. The van der Waals surface area contributed by atoms with Gasteiger partial charge in [0.1, 0.15) is 17.3 Å². The zero-order valence-corrected chi connectivity index (χ0v) is 23.7. The van der Waals surface area contributed by atoms with Gasteiger partial charge in [-0.15, -0.1) is 0 Å². The fourth-order valence-electron chi connectivity index (χ4n) is 4.26. The number of rotatable bonds is 11. The highest BCUT2D eigenvalue weighted by Gasteiger charge is 2.18. The maximum absolute atomic E-state index is 12.4. The molecular weight excluding hydrogens is 516 g/mol. The van der Waals surface area contributed by atoms with Gasteiger partial charge in [0.25, 0.3) is 5.91 Å². The monoisotopic (exact) mass is 550 g/mol. The first-order chi connectivity index (χ1) is 19.8. The number of nitrogens with zero attached hydrogens (tertiary/aromatic N) is 3. The van der Waals surface area contributed by atoms with Crippen molar-refractivity contribution in [2.75, 3.05) is 18.5 Å². The number of benzene rings is 3. The molecule has 0 aliphatic heterocycles. The Kier molecular flexibility index (Phi) is 8.14. The summed E-state index contributed by atoms with van der Waals surface area (Å²) in [6.07, 6.45) is 4.47. The van der Waals surface area contributed by atoms with Crippen LogP contribution < -0.4 is 20.1 Å². The summed E-state index contributed by atoms with van der Waals surface area (Å²) in [5.74, 6) is 2.32. The molecule has 0 unspecified atom stereocenters. The SMILES string of the molecule is CCOc1ccc2nc(-c3cccc(OCC(=O)NC(C)(C)CC)c3)nc(Nc3ccc(-c4cn[nH]c4)cc3)c2c1. The second kappa shape index (κ2) is 12.1. The minimum Gasteiger partial charge on any atom is -0.494 e. The lowest BCUT2D eigenvalue weighted by molar-refractivity contribution is -0.124. The molecule has 9 heteroatoms. The third kappa shape index (κ3) is 6.81. The summed E-state index contributed by atoms with van der Waals surface area (Å²) in [6.45, 7) is 8.44. The lowest BCUT2D eigenvalue weighted by Crippen LogP contribution is -2.44. The van der Waals surface area contributed by atoms with E-state index >= 15 is 0 Å². The third-order valence-electron chi connectivity index (χ3n) is 6.78. The van der Waals surface area contributed by atoms with Crippen LogP contribution in [0.1, 0.15) is 34.1 Å². The maximum Gasteiger partial charge on any atom is 0.258 e. The number of nitrogens with one attached hydrogen (secondary N) is 3. The van der Waals surface area contributed by atoms with Crippen LogP contribution in [0.5, 0.6) is 11.5 Å². The summed E-state index contributed by atoms with van der Waals surface area (Å²) in [5, 5.41) is 14.2. The zero-order valence-electron chi connectivity index (χ0n) is 23.7. The largest absolute Gasteiger partial charge is 0.494 e. The van der Waals surface area contributed by atoms with Crippen molar-refractivity contribution in [1.29, 1.82) is 0 Å². The minimum absolute atomic E-state index is 0.0761. The molecule has 0 bridgehead atoms. The lowest BCUT2D eigenvalue weighted by Gasteiger charge is -2.24. The quantitative estimate of drug-likeness (QED) is 0.172. The molecule has 0 saturated heterocycles. The van der Waals surface area contributed by atoms with Gasteiger partial charge >= 0.3 is 0 Å². The number of H-pyrrole nitrogens is 1. The van der Waals surface area contributed by atoms with Crippen LogP contribution in [0.15, 0.2) is 79.1 Å². The molecule has 41 heavy (non-hydrogen) atoms. The van der Waals surface area contributed by atoms with Gasteiger partial charge in [-0.2, -0.15) is 5.10 Å². The van der Waals surface area contributed by atoms with E-state index in [1.165, 1.54) is 0 Å². The molecule has 0 fully saturated rings. The van der Waals surface area contributed by atoms with Gasteiger partial charge in [-0.05, 0) is 75.2 Å². The number of anilines is 2. The predicted octanol–water partition coefficient (Wildman–Crippen LogP) is 6.51. The second-order valence-electron chi connectivity index (χ2n) is 10.3. The van der Waals surface area contributed by atoms with Crippen molar-refractivity contribution >= 4 is 28.3 Å². The van der Waals surface area contributed by atoms with E-state index in [1.54, 1.807) is 6.20 Å². The van der Waals surface area contributed by atoms with Crippen LogP contribution >= 0.6 is 0 Å². The van der Waals surface area contributed by atoms with Crippen LogP contribution in [0.4, 0.5) is 11.5 Å². The first-order valence-corrected chi connectivity index (χ1v) is 13.7. The topological polar surface area (TPSA) is 114 Å². The normalized spacial score (nSPS) is 11.3. The summed E-state index contributed by atoms with van der Waals surface area (Å²) in [6, 6.07) is 21.3. The second-order valence-corrected chi connectivity index (χ2v) is 10.3. The molecule has 0 radical (unpaired) electrons. The van der Waals surface area contributed by atoms with E-state index in [0.717, 1.165) is 45.5 Å². The number of hydrogen-bond acceptors (Lipinski definition) is 7. The van der Waals surface area contributed by atoms with Crippen LogP contribution in [0.25, 0.3) is 33.4 Å². The highest BCUT2D eigenvalue weighted by atomic mass is 16.5. The Hall–Kier alpha value is -4.92. The number of aromatic amines is 1. The standard InChI is InChI=1S/C32H34N6O3/c1-5-32(3,4)38-29(39)20-41-25-9-7-8-22(16-25)30-36-28-15-14-26(40-6-2)17-27(28)31(37-30)35-24-12-10-21(11-13-24)23-18-33-34-19-23/h7-19H,5-6,20H2,1-4H3,(H,33,34)(H,38,39)(H,35,36,37). The average Bonchev–Trinajstić information content (AvgIpc) is 3.52. The van der Waals surface area contributed by atoms with Crippen molar-refractivity contribution in [3.63, 3.8) is 0 Å². The van der Waals surface area contributed by atoms with Gasteiger partial charge in [-0.25, -0.2) is 9.97 Å². The Labute approximate surface area is 239 Å². The molecule has 0 aliphatic carbocycles. The highest BCUT2D eigenvalue weighted by molar-refractivity contribution is 5.93. The molecule has 210 valence electrons. The van der Waals surface area contributed by atoms with E-state index in [4.69, 9.17) is 19.4 Å². The lowest BCUT2D eigenvalue weighted by atomic mass is 10.0. The van der Waals surface area contributed by atoms with Crippen molar-refractivity contribution in [3.05, 3.63) is 79.1 Å². The third-order valence-corrected chi connectivity index (χ3v) is 6.78. The van der Waals surface area contributed by atoms with Crippen molar-refractivity contribution in [2.24, 2.45) is 0 Å². The van der Waals surface area contributed by atoms with E-state index in [0.29, 0.717) is 24.0 Å². The molecule has 0 spiro atoms. The number of aromatic nitrogens is 4. The molecule has 0 saturated carbocycles. The fraction of sp³-hybridized carbons (Fsp3) is 0.250. The Morgan fingerprint density at radius 1 is 0.902 bits per heavy atom. The predicted molar refractivity (Wildman–Crippen MR) is 161 cm³/mol. The minimum atomic E-state index is -0.285. The summed E-state index contributed by atoms with van der Waals surface area (Å²) in [5.41, 5.74) is 4.20. The molecule has 2 heterocycles. The van der Waals surface area contributed by atoms with Gasteiger partial charge in [0.05, 0.1) is 18.3 Å². The number of amides is 1. The number of hydrogen-bond donors (Lipinski definition) is 3. The van der Waals surface area contributed by atoms with E-state index in [9.17, 15) is 4.79 Å². The zero-order chi connectivity index (χ0) is 28.8. The van der Waals surface area contributed by atoms with Crippen LogP contribution in [0.3, 0.4) is 0 Å². The van der Waals surface area contributed by atoms with E-state index in [1.807, 2.05) is 101 Å². The van der Waals surface area contributed by atoms with Gasteiger partial charge < -0.3 is 20.1 Å². The molecule has 3 N–H and O–H groups in total. The molecule has 3 aromatic carbocycles. The van der Waals surface area contributed by atoms with Gasteiger partial charge in [0, 0.05) is 33.9 Å². The van der Waals surface area contributed by atoms with Crippen LogP contribution in [-0.2, 0) is 4.79 Å². The summed E-state index contributed by atoms with van der Waals surface area (Å²) in [7, 11) is 0. The summed E-state index contributed by atoms with van der Waals surface area (Å²) in [4.78, 5) is 22.1. The molecule has 0 aliphatic rings. The van der Waals surface area contributed by atoms with Crippen LogP contribution in [-0.4, -0.2) is 44.8 Å². The van der Waals surface area contributed by atoms with Gasteiger partial charge in [0.2, 0.25) is 0 Å². The summed E-state index contributed by atoms with van der Waals surface area (Å²) >= 11 is 0. The maximum atomic E-state index is 12.4. The Morgan fingerprint density at radius 3 is 2.44 bits per heavy atom. The number of carbonyl (C=O) groups excluding carboxylic acids is 1. The van der Waals surface area contributed by atoms with Crippen LogP contribution in [0, 0.1) is 0 Å². The average molecular weight is 551 g/mol.